The number of esters is 1. The fourth-order valence-corrected chi connectivity index (χ4v) is 5.35. The van der Waals surface area contributed by atoms with Gasteiger partial charge in [-0.1, -0.05) is 65.2 Å². The number of aryl methyl sites for hydroxylation is 2. The smallest absolute Gasteiger partial charge is 0.347 e. The van der Waals surface area contributed by atoms with Crippen LogP contribution in [0.2, 0.25) is 0 Å². The van der Waals surface area contributed by atoms with E-state index in [1.807, 2.05) is 0 Å². The molecule has 1 heterocycles. The van der Waals surface area contributed by atoms with Crippen LogP contribution in [0.25, 0.3) is 0 Å². The number of aliphatic hydroxyl groups excluding tert-OH is 4. The molecule has 0 amide bonds. The molecule has 0 saturated carbocycles. The number of benzene rings is 2. The number of hydrogen-bond donors (Lipinski definition) is 6. The van der Waals surface area contributed by atoms with E-state index in [1.54, 1.807) is 12.1 Å². The van der Waals surface area contributed by atoms with E-state index in [2.05, 4.69) is 13.8 Å². The zero-order valence-corrected chi connectivity index (χ0v) is 25.3. The number of hydrogen-bond acceptors (Lipinski definition) is 10. The van der Waals surface area contributed by atoms with E-state index < -0.39 is 43.3 Å². The van der Waals surface area contributed by atoms with E-state index in [0.29, 0.717) is 12.0 Å². The molecule has 2 aromatic rings. The lowest BCUT2D eigenvalue weighted by molar-refractivity contribution is -0.137. The van der Waals surface area contributed by atoms with Gasteiger partial charge in [-0.05, 0) is 55.0 Å². The van der Waals surface area contributed by atoms with Gasteiger partial charge in [0, 0.05) is 12.1 Å². The molecular weight excluding hydrogens is 556 g/mol. The van der Waals surface area contributed by atoms with Crippen molar-refractivity contribution in [2.75, 3.05) is 6.61 Å². The van der Waals surface area contributed by atoms with E-state index in [0.717, 1.165) is 69.8 Å². The van der Waals surface area contributed by atoms with Crippen molar-refractivity contribution >= 4 is 5.97 Å². The van der Waals surface area contributed by atoms with Crippen LogP contribution in [0, 0.1) is 0 Å². The Balaban J connectivity index is 1.87. The number of ether oxygens (including phenoxy) is 3. The highest BCUT2D eigenvalue weighted by molar-refractivity contribution is 5.96. The van der Waals surface area contributed by atoms with Crippen molar-refractivity contribution in [3.63, 3.8) is 0 Å². The van der Waals surface area contributed by atoms with Crippen LogP contribution in [0.5, 0.6) is 23.0 Å². The molecule has 0 aromatic heterocycles. The summed E-state index contributed by atoms with van der Waals surface area (Å²) in [6.07, 6.45) is 3.97. The van der Waals surface area contributed by atoms with E-state index in [1.165, 1.54) is 24.6 Å². The van der Waals surface area contributed by atoms with Gasteiger partial charge in [0.1, 0.15) is 53.0 Å². The lowest BCUT2D eigenvalue weighted by atomic mass is 9.99. The van der Waals surface area contributed by atoms with E-state index in [4.69, 9.17) is 14.2 Å². The standard InChI is InChI=1S/C33H48O10/c1-3-5-7-9-11-13-21-15-23(35)18-25(16-21)41-32(40)28-22(14-12-10-8-6-4-2)17-24(36)19-27(28)42-33-30(39)29(38)31(43-33)26(37)20-34/h15-19,26,29-31,33-39H,3-14,20H2,1-2H3/t26-,29-,30-,31-,33-/m1/s1. The van der Waals surface area contributed by atoms with Crippen molar-refractivity contribution in [3.8, 4) is 23.0 Å². The monoisotopic (exact) mass is 604 g/mol. The molecule has 3 rings (SSSR count). The summed E-state index contributed by atoms with van der Waals surface area (Å²) in [4.78, 5) is 13.7. The number of carbonyl (C=O) groups excluding carboxylic acids is 1. The summed E-state index contributed by atoms with van der Waals surface area (Å²) < 4.78 is 17.1. The summed E-state index contributed by atoms with van der Waals surface area (Å²) in [5.74, 6) is -0.992. The maximum Gasteiger partial charge on any atom is 0.347 e. The Morgan fingerprint density at radius 2 is 1.47 bits per heavy atom. The second kappa shape index (κ2) is 17.4. The SMILES string of the molecule is CCCCCCCc1cc(O)cc(OC(=O)c2c(CCCCCCC)cc(O)cc2O[C@@H]2O[C@H]([C@H](O)CO)[C@H](O)[C@H]2O)c1. The van der Waals surface area contributed by atoms with Crippen LogP contribution < -0.4 is 9.47 Å². The Bertz CT molecular complexity index is 1150. The fraction of sp³-hybridized carbons (Fsp3) is 0.606. The topological polar surface area (TPSA) is 166 Å². The van der Waals surface area contributed by atoms with Gasteiger partial charge < -0.3 is 44.8 Å². The van der Waals surface area contributed by atoms with Gasteiger partial charge in [-0.15, -0.1) is 0 Å². The Kier molecular flexibility index (Phi) is 14.0. The molecule has 1 aliphatic rings. The quantitative estimate of drug-likeness (QED) is 0.0809. The summed E-state index contributed by atoms with van der Waals surface area (Å²) in [7, 11) is 0. The molecule has 240 valence electrons. The molecule has 43 heavy (non-hydrogen) atoms. The molecule has 0 aliphatic carbocycles. The van der Waals surface area contributed by atoms with Gasteiger partial charge >= 0.3 is 5.97 Å². The van der Waals surface area contributed by atoms with Crippen molar-refractivity contribution in [1.82, 2.24) is 0 Å². The van der Waals surface area contributed by atoms with Gasteiger partial charge in [0.15, 0.2) is 0 Å². The van der Waals surface area contributed by atoms with Gasteiger partial charge in [-0.25, -0.2) is 4.79 Å². The number of phenols is 2. The first-order chi connectivity index (χ1) is 20.7. The predicted molar refractivity (Wildman–Crippen MR) is 160 cm³/mol. The van der Waals surface area contributed by atoms with Crippen molar-refractivity contribution in [1.29, 1.82) is 0 Å². The molecule has 10 nitrogen and oxygen atoms in total. The number of carbonyl (C=O) groups is 1. The first-order valence-electron chi connectivity index (χ1n) is 15.6. The fourth-order valence-electron chi connectivity index (χ4n) is 5.35. The Hall–Kier alpha value is -2.89. The minimum absolute atomic E-state index is 0.00852. The number of aliphatic hydroxyl groups is 4. The summed E-state index contributed by atoms with van der Waals surface area (Å²) in [5.41, 5.74) is 1.31. The van der Waals surface area contributed by atoms with Gasteiger partial charge in [0.25, 0.3) is 0 Å². The van der Waals surface area contributed by atoms with Crippen LogP contribution in [-0.4, -0.2) is 73.9 Å². The van der Waals surface area contributed by atoms with Crippen LogP contribution in [0.15, 0.2) is 30.3 Å². The second-order valence-electron chi connectivity index (χ2n) is 11.3. The largest absolute Gasteiger partial charge is 0.508 e. The summed E-state index contributed by atoms with van der Waals surface area (Å²) in [6.45, 7) is 3.56. The second-order valence-corrected chi connectivity index (χ2v) is 11.3. The van der Waals surface area contributed by atoms with Crippen LogP contribution >= 0.6 is 0 Å². The number of unbranched alkanes of at least 4 members (excludes halogenated alkanes) is 8. The minimum Gasteiger partial charge on any atom is -0.508 e. The average molecular weight is 605 g/mol. The zero-order valence-electron chi connectivity index (χ0n) is 25.3. The molecule has 0 spiro atoms. The van der Waals surface area contributed by atoms with Crippen LogP contribution in [-0.2, 0) is 17.6 Å². The molecule has 2 aromatic carbocycles. The zero-order chi connectivity index (χ0) is 31.4. The predicted octanol–water partition coefficient (Wildman–Crippen LogP) is 4.52. The average Bonchev–Trinajstić information content (AvgIpc) is 3.24. The van der Waals surface area contributed by atoms with Crippen LogP contribution in [0.3, 0.4) is 0 Å². The van der Waals surface area contributed by atoms with Gasteiger partial charge in [0.05, 0.1) is 6.61 Å². The van der Waals surface area contributed by atoms with Gasteiger partial charge in [-0.3, -0.25) is 0 Å². The van der Waals surface area contributed by atoms with Gasteiger partial charge in [-0.2, -0.15) is 0 Å². The van der Waals surface area contributed by atoms with Gasteiger partial charge in [0.2, 0.25) is 6.29 Å². The molecule has 1 fully saturated rings. The molecule has 10 heteroatoms. The lowest BCUT2D eigenvalue weighted by Crippen LogP contribution is -2.40. The Morgan fingerprint density at radius 1 is 0.837 bits per heavy atom. The summed E-state index contributed by atoms with van der Waals surface area (Å²) >= 11 is 0. The highest BCUT2D eigenvalue weighted by Gasteiger charge is 2.47. The highest BCUT2D eigenvalue weighted by Crippen LogP contribution is 2.35. The Morgan fingerprint density at radius 3 is 2.12 bits per heavy atom. The van der Waals surface area contributed by atoms with E-state index in [9.17, 15) is 35.4 Å². The van der Waals surface area contributed by atoms with Crippen molar-refractivity contribution < 1.29 is 49.6 Å². The molecule has 1 saturated heterocycles. The maximum atomic E-state index is 13.7. The molecule has 0 unspecified atom stereocenters. The highest BCUT2D eigenvalue weighted by atomic mass is 16.7. The molecule has 6 N–H and O–H groups in total. The third-order valence-electron chi connectivity index (χ3n) is 7.72. The van der Waals surface area contributed by atoms with Crippen LogP contribution in [0.1, 0.15) is 99.5 Å². The maximum absolute atomic E-state index is 13.7. The Labute approximate surface area is 253 Å². The first-order valence-corrected chi connectivity index (χ1v) is 15.6. The number of rotatable bonds is 18. The first kappa shape index (κ1) is 34.6. The molecule has 0 bridgehead atoms. The molecule has 1 aliphatic heterocycles. The van der Waals surface area contributed by atoms with Crippen LogP contribution in [0.4, 0.5) is 0 Å². The lowest BCUT2D eigenvalue weighted by Gasteiger charge is -2.21. The minimum atomic E-state index is -1.61. The molecule has 5 atom stereocenters. The normalized spacial score (nSPS) is 20.7. The van der Waals surface area contributed by atoms with E-state index >= 15 is 0 Å². The van der Waals surface area contributed by atoms with Crippen molar-refractivity contribution in [2.24, 2.45) is 0 Å². The number of aromatic hydroxyl groups is 2. The third kappa shape index (κ3) is 10.1. The van der Waals surface area contributed by atoms with Crippen molar-refractivity contribution in [3.05, 3.63) is 47.0 Å². The number of phenolic OH excluding ortho intramolecular Hbond substituents is 2. The third-order valence-corrected chi connectivity index (χ3v) is 7.72. The summed E-state index contributed by atoms with van der Waals surface area (Å²) in [6, 6.07) is 7.37. The van der Waals surface area contributed by atoms with E-state index in [-0.39, 0.29) is 28.6 Å². The molecule has 0 radical (unpaired) electrons. The van der Waals surface area contributed by atoms with Crippen molar-refractivity contribution in [2.45, 2.75) is 122 Å². The molecular formula is C33H48O10. The summed E-state index contributed by atoms with van der Waals surface area (Å²) in [5, 5.41) is 61.0.